The molecule has 0 fully saturated rings. The summed E-state index contributed by atoms with van der Waals surface area (Å²) in [6.07, 6.45) is 0.514. The van der Waals surface area contributed by atoms with E-state index < -0.39 is 40.1 Å². The number of amides is 1. The minimum atomic E-state index is -1.39. The molecule has 10 heteroatoms. The average molecular weight is 490 g/mol. The van der Waals surface area contributed by atoms with E-state index in [1.807, 2.05) is 18.2 Å². The number of aliphatic carboxylic acids is 1. The Morgan fingerprint density at radius 1 is 1.09 bits per heavy atom. The van der Waals surface area contributed by atoms with Crippen LogP contribution in [0.5, 0.6) is 5.75 Å². The van der Waals surface area contributed by atoms with Crippen LogP contribution in [0.4, 0.5) is 14.6 Å². The molecular formula is C24H22ClF2N3O4. The minimum Gasteiger partial charge on any atom is -0.493 e. The smallest absolute Gasteiger partial charge is 0.326 e. The van der Waals surface area contributed by atoms with Gasteiger partial charge in [-0.05, 0) is 42.0 Å². The van der Waals surface area contributed by atoms with Crippen LogP contribution in [-0.4, -0.2) is 41.7 Å². The number of rotatable bonds is 10. The van der Waals surface area contributed by atoms with E-state index in [-0.39, 0.29) is 6.42 Å². The molecule has 3 N–H and O–H groups in total. The molecule has 0 spiro atoms. The van der Waals surface area contributed by atoms with Crippen molar-refractivity contribution in [2.75, 3.05) is 19.0 Å². The van der Waals surface area contributed by atoms with Crippen LogP contribution >= 0.6 is 11.6 Å². The van der Waals surface area contributed by atoms with Gasteiger partial charge >= 0.3 is 5.97 Å². The lowest BCUT2D eigenvalue weighted by atomic mass is 10.0. The van der Waals surface area contributed by atoms with E-state index in [0.29, 0.717) is 24.3 Å². The van der Waals surface area contributed by atoms with Crippen molar-refractivity contribution in [2.45, 2.75) is 18.9 Å². The fraction of sp³-hybridized carbons (Fsp3) is 0.208. The van der Waals surface area contributed by atoms with Gasteiger partial charge in [-0.1, -0.05) is 29.8 Å². The summed E-state index contributed by atoms with van der Waals surface area (Å²) >= 11 is 5.69. The fourth-order valence-corrected chi connectivity index (χ4v) is 3.39. The molecule has 1 atom stereocenters. The third-order valence-electron chi connectivity index (χ3n) is 4.93. The Bertz CT molecular complexity index is 1180. The zero-order valence-corrected chi connectivity index (χ0v) is 18.9. The van der Waals surface area contributed by atoms with Crippen molar-refractivity contribution in [1.29, 1.82) is 0 Å². The molecule has 1 aromatic heterocycles. The van der Waals surface area contributed by atoms with Crippen LogP contribution in [0, 0.1) is 11.6 Å². The van der Waals surface area contributed by atoms with Crippen LogP contribution in [0.25, 0.3) is 0 Å². The van der Waals surface area contributed by atoms with Gasteiger partial charge in [0.25, 0.3) is 5.91 Å². The molecule has 1 heterocycles. The third-order valence-corrected chi connectivity index (χ3v) is 5.30. The lowest BCUT2D eigenvalue weighted by Gasteiger charge is -2.16. The van der Waals surface area contributed by atoms with Crippen LogP contribution in [0.1, 0.15) is 21.6 Å². The highest BCUT2D eigenvalue weighted by molar-refractivity contribution is 6.34. The van der Waals surface area contributed by atoms with Gasteiger partial charge in [-0.3, -0.25) is 4.79 Å². The highest BCUT2D eigenvalue weighted by Crippen LogP contribution is 2.23. The predicted octanol–water partition coefficient (Wildman–Crippen LogP) is 4.10. The molecule has 3 rings (SSSR count). The molecule has 7 nitrogen and oxygen atoms in total. The topological polar surface area (TPSA) is 101 Å². The second-order valence-electron chi connectivity index (χ2n) is 7.29. The molecular weight excluding hydrogens is 468 g/mol. The number of hydrogen-bond acceptors (Lipinski definition) is 5. The molecule has 1 amide bonds. The summed E-state index contributed by atoms with van der Waals surface area (Å²) in [5.74, 6) is -3.14. The van der Waals surface area contributed by atoms with Gasteiger partial charge in [0, 0.05) is 25.6 Å². The Morgan fingerprint density at radius 2 is 1.79 bits per heavy atom. The number of carbonyl (C=O) groups is 2. The third kappa shape index (κ3) is 6.41. The summed E-state index contributed by atoms with van der Waals surface area (Å²) in [6, 6.07) is 12.5. The van der Waals surface area contributed by atoms with Crippen LogP contribution in [0.2, 0.25) is 5.02 Å². The maximum Gasteiger partial charge on any atom is 0.326 e. The fourth-order valence-electron chi connectivity index (χ4n) is 3.15. The van der Waals surface area contributed by atoms with Crippen LogP contribution in [-0.2, 0) is 17.6 Å². The largest absolute Gasteiger partial charge is 0.493 e. The maximum absolute atomic E-state index is 14.0. The summed E-state index contributed by atoms with van der Waals surface area (Å²) in [6.45, 7) is 0.396. The summed E-state index contributed by atoms with van der Waals surface area (Å²) in [5, 5.41) is 13.9. The van der Waals surface area contributed by atoms with Gasteiger partial charge in [-0.2, -0.15) is 0 Å². The number of aromatic nitrogens is 1. The second kappa shape index (κ2) is 11.4. The van der Waals surface area contributed by atoms with E-state index in [0.717, 1.165) is 23.6 Å². The quantitative estimate of drug-likeness (QED) is 0.371. The van der Waals surface area contributed by atoms with Crippen molar-refractivity contribution in [3.05, 3.63) is 88.1 Å². The van der Waals surface area contributed by atoms with E-state index in [9.17, 15) is 23.5 Å². The zero-order chi connectivity index (χ0) is 24.7. The van der Waals surface area contributed by atoms with Crippen molar-refractivity contribution in [1.82, 2.24) is 10.3 Å². The number of pyridine rings is 1. The summed E-state index contributed by atoms with van der Waals surface area (Å²) in [7, 11) is 1.79. The summed E-state index contributed by atoms with van der Waals surface area (Å²) in [5.41, 5.74) is 0.721. The van der Waals surface area contributed by atoms with Crippen molar-refractivity contribution >= 4 is 29.3 Å². The number of benzene rings is 2. The highest BCUT2D eigenvalue weighted by Gasteiger charge is 2.25. The summed E-state index contributed by atoms with van der Waals surface area (Å²) < 4.78 is 33.3. The number of carboxylic acids is 1. The van der Waals surface area contributed by atoms with Crippen LogP contribution in [0.3, 0.4) is 0 Å². The number of carboxylic acid groups (broad SMARTS) is 1. The number of anilines is 1. The number of nitrogens with one attached hydrogen (secondary N) is 2. The molecule has 178 valence electrons. The molecule has 0 aliphatic carbocycles. The number of halogens is 3. The van der Waals surface area contributed by atoms with E-state index in [1.165, 1.54) is 0 Å². The molecule has 3 aromatic rings. The van der Waals surface area contributed by atoms with Crippen molar-refractivity contribution in [3.63, 3.8) is 0 Å². The Hall–Kier alpha value is -3.72. The van der Waals surface area contributed by atoms with Gasteiger partial charge in [-0.25, -0.2) is 18.6 Å². The average Bonchev–Trinajstić information content (AvgIpc) is 2.82. The van der Waals surface area contributed by atoms with Crippen molar-refractivity contribution in [3.8, 4) is 5.75 Å². The SMILES string of the molecule is CNc1cccc(CCOc2ccc(C[C@H](NC(=O)c3c(F)ccc(F)c3Cl)C(=O)O)cc2)n1. The predicted molar refractivity (Wildman–Crippen MR) is 123 cm³/mol. The number of ether oxygens (including phenoxy) is 1. The normalized spacial score (nSPS) is 11.5. The first-order valence-corrected chi connectivity index (χ1v) is 10.7. The van der Waals surface area contributed by atoms with E-state index in [2.05, 4.69) is 15.6 Å². The maximum atomic E-state index is 14.0. The van der Waals surface area contributed by atoms with Gasteiger partial charge in [0.15, 0.2) is 0 Å². The van der Waals surface area contributed by atoms with Gasteiger partial charge in [0.05, 0.1) is 17.2 Å². The van der Waals surface area contributed by atoms with Gasteiger partial charge in [-0.15, -0.1) is 0 Å². The Kier molecular flexibility index (Phi) is 8.37. The van der Waals surface area contributed by atoms with Crippen LogP contribution < -0.4 is 15.4 Å². The molecule has 0 bridgehead atoms. The first kappa shape index (κ1) is 24.9. The molecule has 0 radical (unpaired) electrons. The number of carbonyl (C=O) groups excluding carboxylic acids is 1. The Balaban J connectivity index is 1.59. The molecule has 0 aliphatic heterocycles. The lowest BCUT2D eigenvalue weighted by molar-refractivity contribution is -0.139. The molecule has 2 aromatic carbocycles. The minimum absolute atomic E-state index is 0.0867. The van der Waals surface area contributed by atoms with E-state index >= 15 is 0 Å². The first-order chi connectivity index (χ1) is 16.3. The van der Waals surface area contributed by atoms with Crippen LogP contribution in [0.15, 0.2) is 54.6 Å². The monoisotopic (exact) mass is 489 g/mol. The van der Waals surface area contributed by atoms with Crippen molar-refractivity contribution in [2.24, 2.45) is 0 Å². The van der Waals surface area contributed by atoms with E-state index in [1.54, 1.807) is 31.3 Å². The van der Waals surface area contributed by atoms with Crippen molar-refractivity contribution < 1.29 is 28.2 Å². The highest BCUT2D eigenvalue weighted by atomic mass is 35.5. The standard InChI is InChI=1S/C24H22ClF2N3O4/c1-28-20-4-2-3-15(29-20)11-12-34-16-7-5-14(6-8-16)13-19(24(32)33)30-23(31)21-17(26)9-10-18(27)22(21)25/h2-10,19H,11-13H2,1H3,(H,28,29)(H,30,31)(H,32,33)/t19-/m0/s1. The van der Waals surface area contributed by atoms with E-state index in [4.69, 9.17) is 16.3 Å². The number of nitrogens with zero attached hydrogens (tertiary/aromatic N) is 1. The Labute approximate surface area is 199 Å². The van der Waals surface area contributed by atoms with Gasteiger partial charge < -0.3 is 20.5 Å². The second-order valence-corrected chi connectivity index (χ2v) is 7.67. The number of hydrogen-bond donors (Lipinski definition) is 3. The van der Waals surface area contributed by atoms with Gasteiger partial charge in [0.2, 0.25) is 0 Å². The first-order valence-electron chi connectivity index (χ1n) is 10.3. The van der Waals surface area contributed by atoms with Gasteiger partial charge in [0.1, 0.15) is 29.2 Å². The molecule has 0 saturated heterocycles. The summed E-state index contributed by atoms with van der Waals surface area (Å²) in [4.78, 5) is 28.4. The Morgan fingerprint density at radius 3 is 2.47 bits per heavy atom. The molecule has 0 unspecified atom stereocenters. The lowest BCUT2D eigenvalue weighted by Crippen LogP contribution is -2.42. The molecule has 34 heavy (non-hydrogen) atoms. The molecule has 0 saturated carbocycles. The zero-order valence-electron chi connectivity index (χ0n) is 18.1. The molecule has 0 aliphatic rings.